The molecule has 1 saturated heterocycles. The van der Waals surface area contributed by atoms with Crippen LogP contribution in [0.15, 0.2) is 78.9 Å². The van der Waals surface area contributed by atoms with Gasteiger partial charge < -0.3 is 20.1 Å². The standard InChI is InChI=1S/C28H31N3O4/c1-30-17-15-24(16-18-30)31(19-21-7-9-22(10-8-21)28(33)34)20-27(32)29-23-11-13-26(14-12-23)35-25-5-3-2-4-6-25/h2-14,24H,15-20H2,1H3,(H,29,32)(H,33,34). The van der Waals surface area contributed by atoms with Crippen molar-refractivity contribution in [3.05, 3.63) is 90.0 Å². The molecule has 0 atom stereocenters. The van der Waals surface area contributed by atoms with Crippen LogP contribution in [-0.4, -0.2) is 59.5 Å². The summed E-state index contributed by atoms with van der Waals surface area (Å²) in [6, 6.07) is 24.1. The Morgan fingerprint density at radius 1 is 0.943 bits per heavy atom. The summed E-state index contributed by atoms with van der Waals surface area (Å²) in [4.78, 5) is 28.6. The minimum Gasteiger partial charge on any atom is -0.478 e. The van der Waals surface area contributed by atoms with Gasteiger partial charge in [-0.15, -0.1) is 0 Å². The van der Waals surface area contributed by atoms with Crippen molar-refractivity contribution in [1.82, 2.24) is 9.80 Å². The van der Waals surface area contributed by atoms with Gasteiger partial charge in [-0.3, -0.25) is 9.69 Å². The molecule has 182 valence electrons. The van der Waals surface area contributed by atoms with Crippen LogP contribution in [0.4, 0.5) is 5.69 Å². The Labute approximate surface area is 205 Å². The number of rotatable bonds is 9. The number of para-hydroxylation sites is 1. The van der Waals surface area contributed by atoms with Crippen LogP contribution in [0.25, 0.3) is 0 Å². The second-order valence-corrected chi connectivity index (χ2v) is 8.93. The van der Waals surface area contributed by atoms with E-state index in [2.05, 4.69) is 22.2 Å². The third-order valence-corrected chi connectivity index (χ3v) is 6.25. The first kappa shape index (κ1) is 24.4. The average Bonchev–Trinajstić information content (AvgIpc) is 2.86. The van der Waals surface area contributed by atoms with Crippen molar-refractivity contribution in [3.63, 3.8) is 0 Å². The van der Waals surface area contributed by atoms with Crippen LogP contribution >= 0.6 is 0 Å². The quantitative estimate of drug-likeness (QED) is 0.468. The number of amides is 1. The molecule has 35 heavy (non-hydrogen) atoms. The monoisotopic (exact) mass is 473 g/mol. The zero-order chi connectivity index (χ0) is 24.6. The van der Waals surface area contributed by atoms with Gasteiger partial charge in [0.2, 0.25) is 5.91 Å². The number of piperidine rings is 1. The van der Waals surface area contributed by atoms with Crippen molar-refractivity contribution in [3.8, 4) is 11.5 Å². The SMILES string of the molecule is CN1CCC(N(CC(=O)Nc2ccc(Oc3ccccc3)cc2)Cc2ccc(C(=O)O)cc2)CC1. The zero-order valence-electron chi connectivity index (χ0n) is 19.9. The lowest BCUT2D eigenvalue weighted by atomic mass is 10.0. The molecule has 0 bridgehead atoms. The molecule has 7 heteroatoms. The molecule has 1 aliphatic heterocycles. The molecule has 1 heterocycles. The molecule has 0 saturated carbocycles. The van der Waals surface area contributed by atoms with Gasteiger partial charge in [0.1, 0.15) is 11.5 Å². The van der Waals surface area contributed by atoms with E-state index in [1.54, 1.807) is 12.1 Å². The van der Waals surface area contributed by atoms with E-state index in [1.165, 1.54) is 0 Å². The first-order valence-electron chi connectivity index (χ1n) is 11.8. The van der Waals surface area contributed by atoms with E-state index in [-0.39, 0.29) is 24.1 Å². The molecule has 0 spiro atoms. The summed E-state index contributed by atoms with van der Waals surface area (Å²) in [5.74, 6) is 0.438. The van der Waals surface area contributed by atoms with Crippen molar-refractivity contribution in [1.29, 1.82) is 0 Å². The van der Waals surface area contributed by atoms with Crippen molar-refractivity contribution in [2.75, 3.05) is 32.0 Å². The predicted octanol–water partition coefficient (Wildman–Crippen LogP) is 4.71. The fourth-order valence-corrected chi connectivity index (χ4v) is 4.28. The largest absolute Gasteiger partial charge is 0.478 e. The molecule has 3 aromatic carbocycles. The van der Waals surface area contributed by atoms with E-state index < -0.39 is 5.97 Å². The van der Waals surface area contributed by atoms with Crippen molar-refractivity contribution in [2.45, 2.75) is 25.4 Å². The number of nitrogens with one attached hydrogen (secondary N) is 1. The lowest BCUT2D eigenvalue weighted by Gasteiger charge is -2.37. The van der Waals surface area contributed by atoms with Crippen molar-refractivity contribution in [2.24, 2.45) is 0 Å². The van der Waals surface area contributed by atoms with Crippen LogP contribution in [0.5, 0.6) is 11.5 Å². The van der Waals surface area contributed by atoms with E-state index in [4.69, 9.17) is 9.84 Å². The number of ether oxygens (including phenoxy) is 1. The fourth-order valence-electron chi connectivity index (χ4n) is 4.28. The maximum atomic E-state index is 13.0. The number of nitrogens with zero attached hydrogens (tertiary/aromatic N) is 2. The summed E-state index contributed by atoms with van der Waals surface area (Å²) in [6.07, 6.45) is 1.98. The Kier molecular flexibility index (Phi) is 8.13. The molecular formula is C28H31N3O4. The Morgan fingerprint density at radius 3 is 2.20 bits per heavy atom. The van der Waals surface area contributed by atoms with Gasteiger partial charge in [0.15, 0.2) is 0 Å². The number of carbonyl (C=O) groups excluding carboxylic acids is 1. The molecule has 7 nitrogen and oxygen atoms in total. The molecular weight excluding hydrogens is 442 g/mol. The first-order valence-corrected chi connectivity index (χ1v) is 11.8. The van der Waals surface area contributed by atoms with E-state index >= 15 is 0 Å². The predicted molar refractivity (Wildman–Crippen MR) is 136 cm³/mol. The molecule has 1 fully saturated rings. The van der Waals surface area contributed by atoms with E-state index in [1.807, 2.05) is 66.7 Å². The Bertz CT molecular complexity index is 1110. The van der Waals surface area contributed by atoms with Crippen LogP contribution < -0.4 is 10.1 Å². The maximum Gasteiger partial charge on any atom is 0.335 e. The van der Waals surface area contributed by atoms with Gasteiger partial charge in [0, 0.05) is 18.3 Å². The van der Waals surface area contributed by atoms with Crippen LogP contribution in [0.3, 0.4) is 0 Å². The Morgan fingerprint density at radius 2 is 1.57 bits per heavy atom. The van der Waals surface area contributed by atoms with Gasteiger partial charge in [0.05, 0.1) is 12.1 Å². The molecule has 1 aliphatic rings. The van der Waals surface area contributed by atoms with Crippen molar-refractivity contribution < 1.29 is 19.4 Å². The van der Waals surface area contributed by atoms with E-state index in [9.17, 15) is 9.59 Å². The molecule has 0 aliphatic carbocycles. The van der Waals surface area contributed by atoms with Gasteiger partial charge in [-0.05, 0) is 87.1 Å². The molecule has 1 amide bonds. The summed E-state index contributed by atoms with van der Waals surface area (Å²) in [5, 5.41) is 12.2. The number of carboxylic acids is 1. The minimum atomic E-state index is -0.941. The number of hydrogen-bond donors (Lipinski definition) is 2. The Hall–Kier alpha value is -3.68. The maximum absolute atomic E-state index is 13.0. The van der Waals surface area contributed by atoms with Crippen LogP contribution in [0, 0.1) is 0 Å². The van der Waals surface area contributed by atoms with Gasteiger partial charge in [-0.25, -0.2) is 4.79 Å². The summed E-state index contributed by atoms with van der Waals surface area (Å²) < 4.78 is 5.82. The smallest absolute Gasteiger partial charge is 0.335 e. The number of hydrogen-bond acceptors (Lipinski definition) is 5. The lowest BCUT2D eigenvalue weighted by Crippen LogP contribution is -2.46. The number of carboxylic acid groups (broad SMARTS) is 1. The number of anilines is 1. The minimum absolute atomic E-state index is 0.0807. The molecule has 0 unspecified atom stereocenters. The number of likely N-dealkylation sites (tertiary alicyclic amines) is 1. The third-order valence-electron chi connectivity index (χ3n) is 6.25. The molecule has 0 aromatic heterocycles. The van der Waals surface area contributed by atoms with E-state index in [0.717, 1.165) is 37.2 Å². The summed E-state index contributed by atoms with van der Waals surface area (Å²) in [5.41, 5.74) is 1.96. The number of carbonyl (C=O) groups is 2. The highest BCUT2D eigenvalue weighted by atomic mass is 16.5. The summed E-state index contributed by atoms with van der Waals surface area (Å²) in [6.45, 7) is 2.83. The first-order chi connectivity index (χ1) is 17.0. The van der Waals surface area contributed by atoms with E-state index in [0.29, 0.717) is 18.0 Å². The lowest BCUT2D eigenvalue weighted by molar-refractivity contribution is -0.118. The van der Waals surface area contributed by atoms with Crippen LogP contribution in [0.2, 0.25) is 0 Å². The van der Waals surface area contributed by atoms with Gasteiger partial charge in [0.25, 0.3) is 0 Å². The second kappa shape index (κ2) is 11.6. The van der Waals surface area contributed by atoms with Crippen LogP contribution in [0.1, 0.15) is 28.8 Å². The van der Waals surface area contributed by atoms with Gasteiger partial charge in [-0.2, -0.15) is 0 Å². The highest BCUT2D eigenvalue weighted by Gasteiger charge is 2.25. The highest BCUT2D eigenvalue weighted by molar-refractivity contribution is 5.92. The molecule has 0 radical (unpaired) electrons. The number of benzene rings is 3. The topological polar surface area (TPSA) is 82.1 Å². The average molecular weight is 474 g/mol. The van der Waals surface area contributed by atoms with Gasteiger partial charge >= 0.3 is 5.97 Å². The Balaban J connectivity index is 1.39. The van der Waals surface area contributed by atoms with Crippen LogP contribution in [-0.2, 0) is 11.3 Å². The summed E-state index contributed by atoms with van der Waals surface area (Å²) >= 11 is 0. The second-order valence-electron chi connectivity index (χ2n) is 8.93. The normalized spacial score (nSPS) is 14.6. The third kappa shape index (κ3) is 7.15. The zero-order valence-corrected chi connectivity index (χ0v) is 19.9. The fraction of sp³-hybridized carbons (Fsp3) is 0.286. The molecule has 2 N–H and O–H groups in total. The molecule has 3 aromatic rings. The summed E-state index contributed by atoms with van der Waals surface area (Å²) in [7, 11) is 2.11. The van der Waals surface area contributed by atoms with Gasteiger partial charge in [-0.1, -0.05) is 30.3 Å². The molecule has 4 rings (SSSR count). The highest BCUT2D eigenvalue weighted by Crippen LogP contribution is 2.23. The van der Waals surface area contributed by atoms with Crippen molar-refractivity contribution >= 4 is 17.6 Å². The number of aromatic carboxylic acids is 1.